The molecule has 3 aromatic rings. The fourth-order valence-corrected chi connectivity index (χ4v) is 3.42. The number of hydrogen-bond acceptors (Lipinski definition) is 8. The summed E-state index contributed by atoms with van der Waals surface area (Å²) in [4.78, 5) is 24.2. The van der Waals surface area contributed by atoms with E-state index < -0.39 is 17.2 Å². The van der Waals surface area contributed by atoms with Gasteiger partial charge in [0.15, 0.2) is 0 Å². The molecule has 1 atom stereocenters. The van der Waals surface area contributed by atoms with E-state index in [0.29, 0.717) is 22.6 Å². The molecule has 156 valence electrons. The molecule has 0 aliphatic heterocycles. The number of aromatic nitrogens is 2. The van der Waals surface area contributed by atoms with Crippen LogP contribution in [0.1, 0.15) is 10.8 Å². The maximum Gasteiger partial charge on any atom is 0.321 e. The third-order valence-electron chi connectivity index (χ3n) is 4.03. The molecule has 1 aromatic heterocycles. The summed E-state index contributed by atoms with van der Waals surface area (Å²) in [6, 6.07) is 13.6. The van der Waals surface area contributed by atoms with Gasteiger partial charge < -0.3 is 19.2 Å². The Morgan fingerprint density at radius 1 is 1.03 bits per heavy atom. The number of ether oxygens (including phenoxy) is 2. The average molecular weight is 428 g/mol. The zero-order chi connectivity index (χ0) is 21.5. The zero-order valence-corrected chi connectivity index (χ0v) is 17.4. The fourth-order valence-electron chi connectivity index (χ4n) is 2.55. The molecule has 0 aliphatic carbocycles. The molecule has 2 aromatic carbocycles. The highest BCUT2D eigenvalue weighted by Gasteiger charge is 2.26. The van der Waals surface area contributed by atoms with Crippen molar-refractivity contribution in [3.63, 3.8) is 0 Å². The fraction of sp³-hybridized carbons (Fsp3) is 0.200. The number of carbonyl (C=O) groups excluding carboxylic acids is 2. The highest BCUT2D eigenvalue weighted by molar-refractivity contribution is 8.00. The van der Waals surface area contributed by atoms with Crippen molar-refractivity contribution >= 4 is 23.7 Å². The van der Waals surface area contributed by atoms with Gasteiger partial charge in [0.05, 0.1) is 14.2 Å². The van der Waals surface area contributed by atoms with Gasteiger partial charge in [-0.1, -0.05) is 30.3 Å². The molecule has 1 heterocycles. The van der Waals surface area contributed by atoms with Crippen molar-refractivity contribution in [2.24, 2.45) is 0 Å². The highest BCUT2D eigenvalue weighted by Crippen LogP contribution is 2.37. The Morgan fingerprint density at radius 3 is 2.30 bits per heavy atom. The lowest BCUT2D eigenvalue weighted by atomic mass is 10.1. The molecular weight excluding hydrogens is 408 g/mol. The Kier molecular flexibility index (Phi) is 6.91. The highest BCUT2D eigenvalue weighted by atomic mass is 32.2. The first-order valence-corrected chi connectivity index (χ1v) is 9.73. The minimum absolute atomic E-state index is 0.174. The number of urea groups is 1. The summed E-state index contributed by atoms with van der Waals surface area (Å²) >= 11 is 1.04. The normalized spacial score (nSPS) is 11.4. The number of nitrogens with one attached hydrogen (secondary N) is 2. The Labute approximate surface area is 177 Å². The van der Waals surface area contributed by atoms with Crippen LogP contribution < -0.4 is 20.1 Å². The van der Waals surface area contributed by atoms with E-state index in [1.165, 1.54) is 7.05 Å². The molecule has 0 saturated carbocycles. The lowest BCUT2D eigenvalue weighted by Gasteiger charge is -2.14. The average Bonchev–Trinajstić information content (AvgIpc) is 3.26. The second kappa shape index (κ2) is 9.79. The third kappa shape index (κ3) is 5.09. The van der Waals surface area contributed by atoms with Gasteiger partial charge in [-0.25, -0.2) is 4.79 Å². The van der Waals surface area contributed by atoms with Crippen LogP contribution in [0.3, 0.4) is 0 Å². The number of thioether (sulfide) groups is 1. The second-order valence-electron chi connectivity index (χ2n) is 5.95. The molecule has 0 saturated heterocycles. The first kappa shape index (κ1) is 21.2. The number of amides is 3. The lowest BCUT2D eigenvalue weighted by molar-refractivity contribution is -0.119. The quantitative estimate of drug-likeness (QED) is 0.552. The van der Waals surface area contributed by atoms with Crippen LogP contribution in [0.2, 0.25) is 0 Å². The number of imide groups is 1. The van der Waals surface area contributed by atoms with Crippen LogP contribution in [-0.4, -0.2) is 43.4 Å². The van der Waals surface area contributed by atoms with E-state index in [1.807, 2.05) is 6.07 Å². The van der Waals surface area contributed by atoms with Crippen molar-refractivity contribution in [2.45, 2.75) is 10.5 Å². The molecule has 0 aliphatic rings. The van der Waals surface area contributed by atoms with Crippen LogP contribution in [0, 0.1) is 0 Å². The molecule has 9 nitrogen and oxygen atoms in total. The van der Waals surface area contributed by atoms with Crippen molar-refractivity contribution in [1.82, 2.24) is 20.8 Å². The summed E-state index contributed by atoms with van der Waals surface area (Å²) in [6.45, 7) is 0. The summed E-state index contributed by atoms with van der Waals surface area (Å²) in [7, 11) is 4.52. The number of carbonyl (C=O) groups is 2. The largest absolute Gasteiger partial charge is 0.497 e. The summed E-state index contributed by atoms with van der Waals surface area (Å²) in [5.41, 5.74) is 1.29. The van der Waals surface area contributed by atoms with Crippen LogP contribution in [0.5, 0.6) is 11.5 Å². The predicted molar refractivity (Wildman–Crippen MR) is 110 cm³/mol. The third-order valence-corrected chi connectivity index (χ3v) is 5.12. The van der Waals surface area contributed by atoms with E-state index in [4.69, 9.17) is 13.9 Å². The van der Waals surface area contributed by atoms with Crippen LogP contribution in [0.4, 0.5) is 4.79 Å². The molecule has 0 spiro atoms. The molecule has 10 heteroatoms. The summed E-state index contributed by atoms with van der Waals surface area (Å²) in [5.74, 6) is 0.884. The van der Waals surface area contributed by atoms with E-state index in [0.717, 1.165) is 11.8 Å². The number of nitrogens with zero attached hydrogens (tertiary/aromatic N) is 2. The van der Waals surface area contributed by atoms with Crippen molar-refractivity contribution in [3.8, 4) is 23.0 Å². The minimum atomic E-state index is -0.767. The number of benzene rings is 2. The van der Waals surface area contributed by atoms with E-state index in [2.05, 4.69) is 20.8 Å². The Morgan fingerprint density at radius 2 is 1.70 bits per heavy atom. The molecule has 30 heavy (non-hydrogen) atoms. The van der Waals surface area contributed by atoms with Crippen molar-refractivity contribution in [3.05, 3.63) is 54.1 Å². The Hall–Kier alpha value is -3.53. The van der Waals surface area contributed by atoms with Gasteiger partial charge in [-0.2, -0.15) is 0 Å². The van der Waals surface area contributed by atoms with E-state index in [9.17, 15) is 9.59 Å². The lowest BCUT2D eigenvalue weighted by Crippen LogP contribution is -2.39. The van der Waals surface area contributed by atoms with E-state index in [1.54, 1.807) is 56.7 Å². The Bertz CT molecular complexity index is 1000. The summed E-state index contributed by atoms with van der Waals surface area (Å²) in [5, 5.41) is 12.1. The summed E-state index contributed by atoms with van der Waals surface area (Å²) in [6.07, 6.45) is 0. The summed E-state index contributed by atoms with van der Waals surface area (Å²) < 4.78 is 16.3. The van der Waals surface area contributed by atoms with Crippen LogP contribution >= 0.6 is 11.8 Å². The van der Waals surface area contributed by atoms with Gasteiger partial charge in [0.1, 0.15) is 16.7 Å². The molecular formula is C20H20N4O5S. The smallest absolute Gasteiger partial charge is 0.321 e. The Balaban J connectivity index is 1.87. The van der Waals surface area contributed by atoms with Gasteiger partial charge in [-0.15, -0.1) is 10.2 Å². The monoisotopic (exact) mass is 428 g/mol. The van der Waals surface area contributed by atoms with E-state index in [-0.39, 0.29) is 11.1 Å². The van der Waals surface area contributed by atoms with Crippen LogP contribution in [-0.2, 0) is 4.79 Å². The van der Waals surface area contributed by atoms with Gasteiger partial charge >= 0.3 is 6.03 Å². The SMILES string of the molecule is CNC(=O)NC(=O)[C@@H](Sc1nnc(-c2cc(OC)cc(OC)c2)o1)c1ccccc1. The van der Waals surface area contributed by atoms with Gasteiger partial charge in [0, 0.05) is 18.7 Å². The standard InChI is InChI=1S/C20H20N4O5S/c1-21-19(26)22-17(25)16(12-7-5-4-6-8-12)30-20-24-23-18(29-20)13-9-14(27-2)11-15(10-13)28-3/h4-11,16H,1-3H3,(H2,21,22,25,26)/t16-/m0/s1. The molecule has 0 radical (unpaired) electrons. The van der Waals surface area contributed by atoms with Gasteiger partial charge in [-0.3, -0.25) is 10.1 Å². The molecule has 2 N–H and O–H groups in total. The predicted octanol–water partition coefficient (Wildman–Crippen LogP) is 3.04. The maximum atomic E-state index is 12.6. The van der Waals surface area contributed by atoms with Gasteiger partial charge in [-0.05, 0) is 29.5 Å². The minimum Gasteiger partial charge on any atom is -0.497 e. The van der Waals surface area contributed by atoms with Gasteiger partial charge in [0.2, 0.25) is 11.8 Å². The second-order valence-corrected chi connectivity index (χ2v) is 7.01. The number of rotatable bonds is 7. The molecule has 0 unspecified atom stereocenters. The van der Waals surface area contributed by atoms with Crippen LogP contribution in [0.25, 0.3) is 11.5 Å². The van der Waals surface area contributed by atoms with Crippen LogP contribution in [0.15, 0.2) is 58.2 Å². The first-order chi connectivity index (χ1) is 14.5. The van der Waals surface area contributed by atoms with Crippen molar-refractivity contribution < 1.29 is 23.5 Å². The van der Waals surface area contributed by atoms with Crippen molar-refractivity contribution in [1.29, 1.82) is 0 Å². The van der Waals surface area contributed by atoms with Crippen molar-refractivity contribution in [2.75, 3.05) is 21.3 Å². The first-order valence-electron chi connectivity index (χ1n) is 8.85. The topological polar surface area (TPSA) is 116 Å². The molecule has 0 fully saturated rings. The zero-order valence-electron chi connectivity index (χ0n) is 16.5. The molecule has 0 bridgehead atoms. The molecule has 3 rings (SSSR count). The maximum absolute atomic E-state index is 12.6. The van der Waals surface area contributed by atoms with E-state index >= 15 is 0 Å². The number of methoxy groups -OCH3 is 2. The van der Waals surface area contributed by atoms with Gasteiger partial charge in [0.25, 0.3) is 5.22 Å². The molecule has 3 amide bonds. The number of hydrogen-bond donors (Lipinski definition) is 2.